The smallest absolute Gasteiger partial charge is 0.408 e. The first-order valence-corrected chi connectivity index (χ1v) is 6.72. The summed E-state index contributed by atoms with van der Waals surface area (Å²) in [6.45, 7) is 2.04. The number of piperidine rings is 1. The third-order valence-corrected chi connectivity index (χ3v) is 4.04. The van der Waals surface area contributed by atoms with Crippen molar-refractivity contribution in [1.29, 1.82) is 0 Å². The average molecular weight is 261 g/mol. The zero-order chi connectivity index (χ0) is 13.4. The number of rotatable bonds is 2. The van der Waals surface area contributed by atoms with E-state index >= 15 is 0 Å². The largest absolute Gasteiger partial charge is 0.419 e. The Bertz CT molecular complexity index is 638. The predicted molar refractivity (Wildman–Crippen MR) is 74.0 cm³/mol. The van der Waals surface area contributed by atoms with Crippen molar-refractivity contribution in [2.75, 3.05) is 13.1 Å². The fourth-order valence-electron chi connectivity index (χ4n) is 2.81. The maximum absolute atomic E-state index is 11.5. The Hall–Kier alpha value is -1.59. The third-order valence-electron chi connectivity index (χ3n) is 4.04. The van der Waals surface area contributed by atoms with Gasteiger partial charge in [0, 0.05) is 13.1 Å². The summed E-state index contributed by atoms with van der Waals surface area (Å²) in [7, 11) is 1.71. The number of fused-ring (bicyclic) bond motifs is 1. The maximum atomic E-state index is 11.5. The summed E-state index contributed by atoms with van der Waals surface area (Å²) in [6.07, 6.45) is 2.32. The summed E-state index contributed by atoms with van der Waals surface area (Å²) in [6, 6.07) is 5.77. The van der Waals surface area contributed by atoms with Crippen LogP contribution in [-0.4, -0.2) is 17.7 Å². The summed E-state index contributed by atoms with van der Waals surface area (Å²) in [5.41, 5.74) is 8.85. The zero-order valence-corrected chi connectivity index (χ0v) is 11.1. The van der Waals surface area contributed by atoms with Gasteiger partial charge in [-0.05, 0) is 49.5 Å². The first kappa shape index (κ1) is 12.4. The van der Waals surface area contributed by atoms with E-state index in [0.717, 1.165) is 30.6 Å². The highest BCUT2D eigenvalue weighted by Crippen LogP contribution is 2.27. The van der Waals surface area contributed by atoms with Crippen LogP contribution in [0.15, 0.2) is 27.4 Å². The van der Waals surface area contributed by atoms with Crippen molar-refractivity contribution in [3.05, 3.63) is 34.3 Å². The van der Waals surface area contributed by atoms with Gasteiger partial charge in [0.05, 0.1) is 5.52 Å². The van der Waals surface area contributed by atoms with Crippen LogP contribution in [0.3, 0.4) is 0 Å². The fraction of sp³-hybridized carbons (Fsp3) is 0.500. The molecule has 3 rings (SSSR count). The van der Waals surface area contributed by atoms with E-state index < -0.39 is 0 Å². The van der Waals surface area contributed by atoms with Gasteiger partial charge in [0.1, 0.15) is 0 Å². The highest BCUT2D eigenvalue weighted by molar-refractivity contribution is 5.73. The number of hydrogen-bond acceptors (Lipinski definition) is 4. The van der Waals surface area contributed by atoms with Crippen molar-refractivity contribution in [3.63, 3.8) is 0 Å². The Morgan fingerprint density at radius 3 is 3.11 bits per heavy atom. The third kappa shape index (κ3) is 2.19. The van der Waals surface area contributed by atoms with Gasteiger partial charge in [-0.2, -0.15) is 0 Å². The summed E-state index contributed by atoms with van der Waals surface area (Å²) in [5.74, 6) is 0.121. The molecule has 3 N–H and O–H groups in total. The Morgan fingerprint density at radius 1 is 1.53 bits per heavy atom. The molecule has 0 radical (unpaired) electrons. The molecule has 0 bridgehead atoms. The van der Waals surface area contributed by atoms with Gasteiger partial charge in [-0.25, -0.2) is 4.79 Å². The molecule has 2 unspecified atom stereocenters. The van der Waals surface area contributed by atoms with Crippen LogP contribution < -0.4 is 16.8 Å². The summed E-state index contributed by atoms with van der Waals surface area (Å²) < 4.78 is 6.65. The maximum Gasteiger partial charge on any atom is 0.419 e. The van der Waals surface area contributed by atoms with Gasteiger partial charge in [-0.3, -0.25) is 4.57 Å². The van der Waals surface area contributed by atoms with Gasteiger partial charge in [0.25, 0.3) is 0 Å². The molecule has 0 amide bonds. The van der Waals surface area contributed by atoms with E-state index in [9.17, 15) is 4.79 Å². The lowest BCUT2D eigenvalue weighted by Gasteiger charge is -2.28. The van der Waals surface area contributed by atoms with E-state index in [1.54, 1.807) is 7.05 Å². The van der Waals surface area contributed by atoms with Crippen molar-refractivity contribution in [1.82, 2.24) is 9.88 Å². The van der Waals surface area contributed by atoms with Crippen molar-refractivity contribution >= 4 is 11.1 Å². The molecule has 1 aliphatic heterocycles. The lowest BCUT2D eigenvalue weighted by atomic mass is 9.88. The lowest BCUT2D eigenvalue weighted by Crippen LogP contribution is -2.36. The van der Waals surface area contributed by atoms with E-state index in [2.05, 4.69) is 5.32 Å². The standard InChI is InChI=1S/C14H19N3O2/c1-17-11-7-9(4-5-12(11)19-14(17)18)13(15)10-3-2-6-16-8-10/h4-5,7,10,13,16H,2-3,6,8,15H2,1H3. The van der Waals surface area contributed by atoms with Gasteiger partial charge in [0.2, 0.25) is 0 Å². The highest BCUT2D eigenvalue weighted by Gasteiger charge is 2.22. The van der Waals surface area contributed by atoms with Gasteiger partial charge in [0.15, 0.2) is 5.58 Å². The lowest BCUT2D eigenvalue weighted by molar-refractivity contribution is 0.326. The SMILES string of the molecule is Cn1c(=O)oc2ccc(C(N)C3CCCNC3)cc21. The molecular formula is C14H19N3O2. The Kier molecular flexibility index (Phi) is 3.16. The van der Waals surface area contributed by atoms with Crippen molar-refractivity contribution < 1.29 is 4.42 Å². The van der Waals surface area contributed by atoms with Crippen molar-refractivity contribution in [2.24, 2.45) is 18.7 Å². The van der Waals surface area contributed by atoms with Gasteiger partial charge < -0.3 is 15.5 Å². The molecule has 19 heavy (non-hydrogen) atoms. The van der Waals surface area contributed by atoms with Crippen molar-refractivity contribution in [2.45, 2.75) is 18.9 Å². The molecule has 1 fully saturated rings. The van der Waals surface area contributed by atoms with E-state index in [4.69, 9.17) is 10.2 Å². The quantitative estimate of drug-likeness (QED) is 0.850. The molecule has 0 spiro atoms. The molecule has 102 valence electrons. The van der Waals surface area contributed by atoms with Crippen LogP contribution in [0.25, 0.3) is 11.1 Å². The highest BCUT2D eigenvalue weighted by atomic mass is 16.4. The average Bonchev–Trinajstić information content (AvgIpc) is 2.74. The summed E-state index contributed by atoms with van der Waals surface area (Å²) >= 11 is 0. The number of nitrogens with one attached hydrogen (secondary N) is 1. The van der Waals surface area contributed by atoms with Crippen LogP contribution in [0, 0.1) is 5.92 Å². The molecule has 2 heterocycles. The molecule has 5 heteroatoms. The molecule has 0 saturated carbocycles. The Balaban J connectivity index is 1.95. The molecule has 1 aromatic heterocycles. The van der Waals surface area contributed by atoms with Gasteiger partial charge in [-0.1, -0.05) is 6.07 Å². The van der Waals surface area contributed by atoms with E-state index in [1.807, 2.05) is 18.2 Å². The summed E-state index contributed by atoms with van der Waals surface area (Å²) in [4.78, 5) is 11.5. The topological polar surface area (TPSA) is 73.2 Å². The minimum Gasteiger partial charge on any atom is -0.408 e. The number of oxazole rings is 1. The van der Waals surface area contributed by atoms with Crippen LogP contribution in [0.4, 0.5) is 0 Å². The second-order valence-electron chi connectivity index (χ2n) is 5.29. The van der Waals surface area contributed by atoms with E-state index in [1.165, 1.54) is 11.0 Å². The van der Waals surface area contributed by atoms with Crippen LogP contribution >= 0.6 is 0 Å². The Labute approximate surface area is 111 Å². The predicted octanol–water partition coefficient (Wildman–Crippen LogP) is 1.13. The fourth-order valence-corrected chi connectivity index (χ4v) is 2.81. The second kappa shape index (κ2) is 4.83. The summed E-state index contributed by atoms with van der Waals surface area (Å²) in [5, 5.41) is 3.38. The molecule has 5 nitrogen and oxygen atoms in total. The first-order valence-electron chi connectivity index (χ1n) is 6.72. The van der Waals surface area contributed by atoms with E-state index in [0.29, 0.717) is 11.5 Å². The molecule has 1 saturated heterocycles. The number of hydrogen-bond donors (Lipinski definition) is 2. The van der Waals surface area contributed by atoms with Gasteiger partial charge >= 0.3 is 5.76 Å². The Morgan fingerprint density at radius 2 is 2.37 bits per heavy atom. The zero-order valence-electron chi connectivity index (χ0n) is 11.1. The van der Waals surface area contributed by atoms with Crippen LogP contribution in [0.5, 0.6) is 0 Å². The number of nitrogens with two attached hydrogens (primary N) is 1. The monoisotopic (exact) mass is 261 g/mol. The van der Waals surface area contributed by atoms with Crippen LogP contribution in [0.1, 0.15) is 24.4 Å². The molecule has 1 aromatic carbocycles. The van der Waals surface area contributed by atoms with E-state index in [-0.39, 0.29) is 11.8 Å². The van der Waals surface area contributed by atoms with Crippen LogP contribution in [0.2, 0.25) is 0 Å². The van der Waals surface area contributed by atoms with Crippen molar-refractivity contribution in [3.8, 4) is 0 Å². The number of benzene rings is 1. The number of aromatic nitrogens is 1. The molecule has 0 aliphatic carbocycles. The molecule has 2 atom stereocenters. The van der Waals surface area contributed by atoms with Crippen LogP contribution in [-0.2, 0) is 7.05 Å². The second-order valence-corrected chi connectivity index (χ2v) is 5.29. The molecule has 2 aromatic rings. The first-order chi connectivity index (χ1) is 9.16. The number of aryl methyl sites for hydroxylation is 1. The normalized spacial score (nSPS) is 21.7. The van der Waals surface area contributed by atoms with Gasteiger partial charge in [-0.15, -0.1) is 0 Å². The minimum absolute atomic E-state index is 0.00204. The molecule has 1 aliphatic rings. The molecular weight excluding hydrogens is 242 g/mol. The minimum atomic E-state index is -0.333. The number of nitrogens with zero attached hydrogens (tertiary/aromatic N) is 1.